The van der Waals surface area contributed by atoms with Crippen LogP contribution < -0.4 is 4.74 Å². The second-order valence-electron chi connectivity index (χ2n) is 3.81. The Hall–Kier alpha value is -2.23. The fraction of sp³-hybridized carbons (Fsp3) is 0.214. The van der Waals surface area contributed by atoms with Gasteiger partial charge in [0.15, 0.2) is 0 Å². The molecule has 0 spiro atoms. The minimum absolute atomic E-state index is 0.0671. The first-order valence-electron chi connectivity index (χ1n) is 5.77. The molecule has 0 radical (unpaired) electrons. The van der Waals surface area contributed by atoms with Crippen LogP contribution in [-0.4, -0.2) is 17.7 Å². The van der Waals surface area contributed by atoms with Crippen molar-refractivity contribution in [2.75, 3.05) is 6.61 Å². The molecule has 4 nitrogen and oxygen atoms in total. The first-order valence-corrected chi connectivity index (χ1v) is 5.77. The standard InChI is InChI=1S/C14H14O4/c1-2-8-17-12-6-4-3-5-10(12)11-7-9-18-13(11)14(15)16/h3-7,9H,2,8H2,1H3,(H,15,16). The number of carboxylic acids is 1. The molecule has 0 unspecified atom stereocenters. The molecule has 0 atom stereocenters. The van der Waals surface area contributed by atoms with Gasteiger partial charge in [0.1, 0.15) is 5.75 Å². The summed E-state index contributed by atoms with van der Waals surface area (Å²) in [6.45, 7) is 2.61. The van der Waals surface area contributed by atoms with Crippen molar-refractivity contribution in [2.24, 2.45) is 0 Å². The van der Waals surface area contributed by atoms with Crippen molar-refractivity contribution in [3.63, 3.8) is 0 Å². The largest absolute Gasteiger partial charge is 0.493 e. The molecular weight excluding hydrogens is 232 g/mol. The second-order valence-corrected chi connectivity index (χ2v) is 3.81. The van der Waals surface area contributed by atoms with E-state index in [2.05, 4.69) is 0 Å². The SMILES string of the molecule is CCCOc1ccccc1-c1ccoc1C(=O)O. The molecule has 2 aromatic rings. The number of carboxylic acid groups (broad SMARTS) is 1. The van der Waals surface area contributed by atoms with Crippen molar-refractivity contribution >= 4 is 5.97 Å². The lowest BCUT2D eigenvalue weighted by Gasteiger charge is -2.09. The van der Waals surface area contributed by atoms with Gasteiger partial charge in [-0.3, -0.25) is 0 Å². The normalized spacial score (nSPS) is 10.3. The molecule has 0 aliphatic rings. The molecule has 1 aromatic carbocycles. The van der Waals surface area contributed by atoms with E-state index in [4.69, 9.17) is 14.3 Å². The Morgan fingerprint density at radius 1 is 1.28 bits per heavy atom. The fourth-order valence-corrected chi connectivity index (χ4v) is 1.71. The van der Waals surface area contributed by atoms with Gasteiger partial charge in [-0.2, -0.15) is 0 Å². The molecule has 18 heavy (non-hydrogen) atoms. The van der Waals surface area contributed by atoms with E-state index in [0.717, 1.165) is 12.0 Å². The van der Waals surface area contributed by atoms with E-state index in [1.807, 2.05) is 31.2 Å². The molecule has 4 heteroatoms. The lowest BCUT2D eigenvalue weighted by atomic mass is 10.1. The first kappa shape index (κ1) is 12.2. The highest BCUT2D eigenvalue weighted by Gasteiger charge is 2.18. The predicted octanol–water partition coefficient (Wildman–Crippen LogP) is 3.43. The number of ether oxygens (including phenoxy) is 1. The summed E-state index contributed by atoms with van der Waals surface area (Å²) in [7, 11) is 0. The average molecular weight is 246 g/mol. The van der Waals surface area contributed by atoms with Gasteiger partial charge in [-0.25, -0.2) is 4.79 Å². The molecule has 0 aliphatic heterocycles. The molecule has 0 aliphatic carbocycles. The smallest absolute Gasteiger partial charge is 0.372 e. The van der Waals surface area contributed by atoms with Crippen LogP contribution in [0, 0.1) is 0 Å². The van der Waals surface area contributed by atoms with Gasteiger partial charge in [0, 0.05) is 11.1 Å². The van der Waals surface area contributed by atoms with Gasteiger partial charge in [0.05, 0.1) is 12.9 Å². The van der Waals surface area contributed by atoms with Crippen LogP contribution in [0.2, 0.25) is 0 Å². The van der Waals surface area contributed by atoms with Crippen LogP contribution in [0.4, 0.5) is 0 Å². The molecule has 0 fully saturated rings. The Kier molecular flexibility index (Phi) is 3.67. The van der Waals surface area contributed by atoms with Crippen molar-refractivity contribution in [3.8, 4) is 16.9 Å². The van der Waals surface area contributed by atoms with Gasteiger partial charge in [-0.05, 0) is 18.6 Å². The van der Waals surface area contributed by atoms with Crippen molar-refractivity contribution in [2.45, 2.75) is 13.3 Å². The highest BCUT2D eigenvalue weighted by Crippen LogP contribution is 2.33. The highest BCUT2D eigenvalue weighted by molar-refractivity contribution is 5.94. The van der Waals surface area contributed by atoms with Crippen LogP contribution >= 0.6 is 0 Å². The predicted molar refractivity (Wildman–Crippen MR) is 66.9 cm³/mol. The van der Waals surface area contributed by atoms with Crippen molar-refractivity contribution in [1.29, 1.82) is 0 Å². The zero-order valence-electron chi connectivity index (χ0n) is 10.1. The molecule has 1 aromatic heterocycles. The Labute approximate surface area is 105 Å². The topological polar surface area (TPSA) is 59.7 Å². The molecule has 0 saturated carbocycles. The number of furan rings is 1. The first-order chi connectivity index (χ1) is 8.74. The van der Waals surface area contributed by atoms with Gasteiger partial charge in [-0.15, -0.1) is 0 Å². The van der Waals surface area contributed by atoms with Gasteiger partial charge >= 0.3 is 5.97 Å². The monoisotopic (exact) mass is 246 g/mol. The number of hydrogen-bond acceptors (Lipinski definition) is 3. The van der Waals surface area contributed by atoms with Crippen LogP contribution in [0.15, 0.2) is 41.0 Å². The van der Waals surface area contributed by atoms with Crippen molar-refractivity contribution in [1.82, 2.24) is 0 Å². The van der Waals surface area contributed by atoms with Crippen molar-refractivity contribution in [3.05, 3.63) is 42.4 Å². The summed E-state index contributed by atoms with van der Waals surface area (Å²) in [5.41, 5.74) is 1.27. The van der Waals surface area contributed by atoms with E-state index in [0.29, 0.717) is 17.9 Å². The Balaban J connectivity index is 2.43. The van der Waals surface area contributed by atoms with E-state index in [1.165, 1.54) is 6.26 Å². The van der Waals surface area contributed by atoms with E-state index < -0.39 is 5.97 Å². The van der Waals surface area contributed by atoms with E-state index >= 15 is 0 Å². The summed E-state index contributed by atoms with van der Waals surface area (Å²) in [4.78, 5) is 11.0. The number of carbonyl (C=O) groups is 1. The summed E-state index contributed by atoms with van der Waals surface area (Å²) < 4.78 is 10.6. The molecule has 94 valence electrons. The molecule has 2 rings (SSSR count). The summed E-state index contributed by atoms with van der Waals surface area (Å²) in [6, 6.07) is 8.98. The van der Waals surface area contributed by atoms with Gasteiger partial charge in [-0.1, -0.05) is 25.1 Å². The lowest BCUT2D eigenvalue weighted by molar-refractivity contribution is 0.0663. The van der Waals surface area contributed by atoms with Crippen LogP contribution in [0.1, 0.15) is 23.9 Å². The summed E-state index contributed by atoms with van der Waals surface area (Å²) in [6.07, 6.45) is 2.26. The Morgan fingerprint density at radius 2 is 2.06 bits per heavy atom. The highest BCUT2D eigenvalue weighted by atomic mass is 16.5. The maximum Gasteiger partial charge on any atom is 0.372 e. The molecule has 0 saturated heterocycles. The number of para-hydroxylation sites is 1. The van der Waals surface area contributed by atoms with Crippen LogP contribution in [0.25, 0.3) is 11.1 Å². The van der Waals surface area contributed by atoms with E-state index in [-0.39, 0.29) is 5.76 Å². The average Bonchev–Trinajstić information content (AvgIpc) is 2.86. The van der Waals surface area contributed by atoms with Crippen LogP contribution in [0.3, 0.4) is 0 Å². The lowest BCUT2D eigenvalue weighted by Crippen LogP contribution is -1.99. The maximum atomic E-state index is 11.0. The van der Waals surface area contributed by atoms with Gasteiger partial charge in [0.25, 0.3) is 0 Å². The molecular formula is C14H14O4. The van der Waals surface area contributed by atoms with E-state index in [9.17, 15) is 4.79 Å². The molecule has 1 N–H and O–H groups in total. The zero-order valence-corrected chi connectivity index (χ0v) is 10.1. The number of aromatic carboxylic acids is 1. The second kappa shape index (κ2) is 5.40. The van der Waals surface area contributed by atoms with Crippen LogP contribution in [-0.2, 0) is 0 Å². The third kappa shape index (κ3) is 2.37. The Bertz CT molecular complexity index is 542. The molecule has 0 bridgehead atoms. The van der Waals surface area contributed by atoms with Crippen LogP contribution in [0.5, 0.6) is 5.75 Å². The third-order valence-electron chi connectivity index (χ3n) is 2.50. The van der Waals surface area contributed by atoms with Crippen molar-refractivity contribution < 1.29 is 19.1 Å². The number of benzene rings is 1. The number of rotatable bonds is 5. The minimum atomic E-state index is -1.08. The molecule has 1 heterocycles. The number of hydrogen-bond donors (Lipinski definition) is 1. The summed E-state index contributed by atoms with van der Waals surface area (Å²) >= 11 is 0. The minimum Gasteiger partial charge on any atom is -0.493 e. The fourth-order valence-electron chi connectivity index (χ4n) is 1.71. The van der Waals surface area contributed by atoms with E-state index in [1.54, 1.807) is 6.07 Å². The Morgan fingerprint density at radius 3 is 2.78 bits per heavy atom. The zero-order chi connectivity index (χ0) is 13.0. The quantitative estimate of drug-likeness (QED) is 0.877. The van der Waals surface area contributed by atoms with Gasteiger partial charge in [0.2, 0.25) is 5.76 Å². The summed E-state index contributed by atoms with van der Waals surface area (Å²) in [5, 5.41) is 9.05. The third-order valence-corrected chi connectivity index (χ3v) is 2.50. The maximum absolute atomic E-state index is 11.0. The molecule has 0 amide bonds. The summed E-state index contributed by atoms with van der Waals surface area (Å²) in [5.74, 6) is -0.480. The van der Waals surface area contributed by atoms with Gasteiger partial charge < -0.3 is 14.3 Å².